The normalized spacial score (nSPS) is 10.6. The zero-order valence-electron chi connectivity index (χ0n) is 20.4. The van der Waals surface area contributed by atoms with Gasteiger partial charge in [0.1, 0.15) is 23.1 Å². The molecule has 1 heterocycles. The number of aromatic nitrogens is 3. The van der Waals surface area contributed by atoms with Crippen LogP contribution in [-0.4, -0.2) is 46.6 Å². The first kappa shape index (κ1) is 26.6. The molecular weight excluding hydrogens is 516 g/mol. The fourth-order valence-corrected chi connectivity index (χ4v) is 4.21. The van der Waals surface area contributed by atoms with Crippen LogP contribution in [0.1, 0.15) is 16.2 Å². The van der Waals surface area contributed by atoms with Crippen molar-refractivity contribution in [2.24, 2.45) is 0 Å². The molecule has 0 aliphatic rings. The lowest BCUT2D eigenvalue weighted by Crippen LogP contribution is -2.24. The second-order valence-corrected chi connectivity index (χ2v) is 8.75. The zero-order chi connectivity index (χ0) is 27.1. The summed E-state index contributed by atoms with van der Waals surface area (Å²) >= 11 is 1.06. The van der Waals surface area contributed by atoms with Crippen LogP contribution in [0.3, 0.4) is 0 Å². The van der Waals surface area contributed by atoms with E-state index in [0.29, 0.717) is 33.7 Å². The molecule has 1 aromatic heterocycles. The summed E-state index contributed by atoms with van der Waals surface area (Å²) in [5.74, 6) is -0.674. The molecule has 2 N–H and O–H groups in total. The molecule has 9 nitrogen and oxygen atoms in total. The molecule has 0 bridgehead atoms. The number of anilines is 1. The summed E-state index contributed by atoms with van der Waals surface area (Å²) in [7, 11) is 2.97. The first-order valence-corrected chi connectivity index (χ1v) is 12.2. The van der Waals surface area contributed by atoms with Crippen molar-refractivity contribution in [1.29, 1.82) is 0 Å². The van der Waals surface area contributed by atoms with Crippen LogP contribution in [0.25, 0.3) is 5.69 Å². The van der Waals surface area contributed by atoms with Crippen molar-refractivity contribution >= 4 is 29.3 Å². The standard InChI is InChI=1S/C26H23F2N5O4S/c1-36-19-11-16(12-20(13-19)37-2)25(35)29-14-23-31-32-26(33(23)18-9-7-17(27)8-10-18)38-15-24(34)30-22-6-4-3-5-21(22)28/h3-13H,14-15H2,1-2H3,(H,29,35)(H,30,34). The minimum atomic E-state index is -0.549. The van der Waals surface area contributed by atoms with Crippen molar-refractivity contribution in [3.63, 3.8) is 0 Å². The Balaban J connectivity index is 1.52. The molecule has 12 heteroatoms. The zero-order valence-corrected chi connectivity index (χ0v) is 21.2. The maximum absolute atomic E-state index is 13.9. The second-order valence-electron chi connectivity index (χ2n) is 7.81. The van der Waals surface area contributed by atoms with Gasteiger partial charge in [-0.15, -0.1) is 10.2 Å². The molecule has 4 aromatic rings. The van der Waals surface area contributed by atoms with Crippen molar-refractivity contribution < 1.29 is 27.8 Å². The Morgan fingerprint density at radius 3 is 2.29 bits per heavy atom. The number of rotatable bonds is 10. The molecule has 196 valence electrons. The van der Waals surface area contributed by atoms with E-state index in [-0.39, 0.29) is 18.0 Å². The highest BCUT2D eigenvalue weighted by atomic mass is 32.2. The molecule has 0 spiro atoms. The van der Waals surface area contributed by atoms with Gasteiger partial charge < -0.3 is 20.1 Å². The van der Waals surface area contributed by atoms with Crippen LogP contribution < -0.4 is 20.1 Å². The number of thioether (sulfide) groups is 1. The van der Waals surface area contributed by atoms with Crippen LogP contribution in [0.2, 0.25) is 0 Å². The highest BCUT2D eigenvalue weighted by Gasteiger charge is 2.18. The first-order valence-electron chi connectivity index (χ1n) is 11.3. The number of halogens is 2. The number of benzene rings is 3. The minimum absolute atomic E-state index is 0.0231. The van der Waals surface area contributed by atoms with E-state index in [9.17, 15) is 18.4 Å². The smallest absolute Gasteiger partial charge is 0.251 e. The summed E-state index contributed by atoms with van der Waals surface area (Å²) < 4.78 is 39.5. The van der Waals surface area contributed by atoms with Gasteiger partial charge in [-0.2, -0.15) is 0 Å². The van der Waals surface area contributed by atoms with Crippen LogP contribution in [0, 0.1) is 11.6 Å². The van der Waals surface area contributed by atoms with Gasteiger partial charge >= 0.3 is 0 Å². The van der Waals surface area contributed by atoms with E-state index >= 15 is 0 Å². The SMILES string of the molecule is COc1cc(OC)cc(C(=O)NCc2nnc(SCC(=O)Nc3ccccc3F)n2-c2ccc(F)cc2)c1. The van der Waals surface area contributed by atoms with Gasteiger partial charge in [0.2, 0.25) is 5.91 Å². The molecule has 3 aromatic carbocycles. The van der Waals surface area contributed by atoms with Crippen molar-refractivity contribution in [2.75, 3.05) is 25.3 Å². The van der Waals surface area contributed by atoms with Gasteiger partial charge in [-0.05, 0) is 48.5 Å². The highest BCUT2D eigenvalue weighted by molar-refractivity contribution is 7.99. The molecule has 2 amide bonds. The number of para-hydroxylation sites is 1. The van der Waals surface area contributed by atoms with E-state index in [4.69, 9.17) is 9.47 Å². The Labute approximate surface area is 221 Å². The van der Waals surface area contributed by atoms with Crippen molar-refractivity contribution in [3.05, 3.63) is 89.8 Å². The summed E-state index contributed by atoms with van der Waals surface area (Å²) in [4.78, 5) is 25.3. The third kappa shape index (κ3) is 6.45. The molecule has 4 rings (SSSR count). The van der Waals surface area contributed by atoms with Crippen molar-refractivity contribution in [2.45, 2.75) is 11.7 Å². The van der Waals surface area contributed by atoms with Crippen LogP contribution in [0.5, 0.6) is 11.5 Å². The quantitative estimate of drug-likeness (QED) is 0.291. The number of amides is 2. The fraction of sp³-hybridized carbons (Fsp3) is 0.154. The second kappa shape index (κ2) is 12.2. The maximum atomic E-state index is 13.9. The molecule has 0 aliphatic carbocycles. The predicted molar refractivity (Wildman–Crippen MR) is 138 cm³/mol. The summed E-state index contributed by atoms with van der Waals surface area (Å²) in [6, 6.07) is 16.2. The Morgan fingerprint density at radius 2 is 1.63 bits per heavy atom. The van der Waals surface area contributed by atoms with Crippen LogP contribution in [-0.2, 0) is 11.3 Å². The molecule has 0 saturated carbocycles. The summed E-state index contributed by atoms with van der Waals surface area (Å²) in [6.45, 7) is -0.0231. The number of hydrogen-bond donors (Lipinski definition) is 2. The lowest BCUT2D eigenvalue weighted by atomic mass is 10.2. The molecule has 0 fully saturated rings. The van der Waals surface area contributed by atoms with E-state index in [1.165, 1.54) is 56.7 Å². The van der Waals surface area contributed by atoms with E-state index in [1.54, 1.807) is 28.8 Å². The van der Waals surface area contributed by atoms with Crippen LogP contribution in [0.4, 0.5) is 14.5 Å². The Morgan fingerprint density at radius 1 is 0.947 bits per heavy atom. The maximum Gasteiger partial charge on any atom is 0.251 e. The number of hydrogen-bond acceptors (Lipinski definition) is 7. The van der Waals surface area contributed by atoms with E-state index in [0.717, 1.165) is 11.8 Å². The van der Waals surface area contributed by atoms with Gasteiger partial charge in [-0.1, -0.05) is 23.9 Å². The van der Waals surface area contributed by atoms with Gasteiger partial charge in [-0.25, -0.2) is 8.78 Å². The summed E-state index contributed by atoms with van der Waals surface area (Å²) in [5.41, 5.74) is 0.907. The lowest BCUT2D eigenvalue weighted by Gasteiger charge is -2.12. The average Bonchev–Trinajstić information content (AvgIpc) is 3.34. The number of nitrogens with zero attached hydrogens (tertiary/aromatic N) is 3. The van der Waals surface area contributed by atoms with E-state index in [2.05, 4.69) is 20.8 Å². The number of carbonyl (C=O) groups is 2. The molecule has 0 aliphatic heterocycles. The third-order valence-corrected chi connectivity index (χ3v) is 6.22. The number of carbonyl (C=O) groups excluding carboxylic acids is 2. The van der Waals surface area contributed by atoms with Crippen molar-refractivity contribution in [3.8, 4) is 17.2 Å². The molecule has 38 heavy (non-hydrogen) atoms. The number of methoxy groups -OCH3 is 2. The monoisotopic (exact) mass is 539 g/mol. The topological polar surface area (TPSA) is 107 Å². The first-order chi connectivity index (χ1) is 18.4. The largest absolute Gasteiger partial charge is 0.497 e. The Bertz CT molecular complexity index is 1420. The summed E-state index contributed by atoms with van der Waals surface area (Å²) in [5, 5.41) is 13.9. The highest BCUT2D eigenvalue weighted by Crippen LogP contribution is 2.24. The van der Waals surface area contributed by atoms with Gasteiger partial charge in [-0.3, -0.25) is 14.2 Å². The van der Waals surface area contributed by atoms with Crippen molar-refractivity contribution in [1.82, 2.24) is 20.1 Å². The number of nitrogens with one attached hydrogen (secondary N) is 2. The summed E-state index contributed by atoms with van der Waals surface area (Å²) in [6.07, 6.45) is 0. The van der Waals surface area contributed by atoms with E-state index < -0.39 is 23.4 Å². The lowest BCUT2D eigenvalue weighted by molar-refractivity contribution is -0.113. The Hall–Kier alpha value is -4.45. The average molecular weight is 540 g/mol. The molecule has 0 saturated heterocycles. The molecule has 0 radical (unpaired) electrons. The van der Waals surface area contributed by atoms with Gasteiger partial charge in [0.25, 0.3) is 5.91 Å². The minimum Gasteiger partial charge on any atom is -0.497 e. The molecule has 0 unspecified atom stereocenters. The predicted octanol–water partition coefficient (Wildman–Crippen LogP) is 4.22. The van der Waals surface area contributed by atoms with Crippen LogP contribution >= 0.6 is 11.8 Å². The molecular formula is C26H23F2N5O4S. The van der Waals surface area contributed by atoms with Crippen LogP contribution in [0.15, 0.2) is 71.9 Å². The fourth-order valence-electron chi connectivity index (χ4n) is 3.44. The van der Waals surface area contributed by atoms with Gasteiger partial charge in [0, 0.05) is 17.3 Å². The molecule has 0 atom stereocenters. The number of ether oxygens (including phenoxy) is 2. The van der Waals surface area contributed by atoms with Gasteiger partial charge in [0.05, 0.1) is 32.2 Å². The van der Waals surface area contributed by atoms with Gasteiger partial charge in [0.15, 0.2) is 11.0 Å². The van der Waals surface area contributed by atoms with E-state index in [1.807, 2.05) is 0 Å². The third-order valence-electron chi connectivity index (χ3n) is 5.29. The Kier molecular flexibility index (Phi) is 8.54.